The van der Waals surface area contributed by atoms with Gasteiger partial charge in [0.15, 0.2) is 0 Å². The third-order valence-corrected chi connectivity index (χ3v) is 4.50. The van der Waals surface area contributed by atoms with Gasteiger partial charge in [-0.1, -0.05) is 15.9 Å². The number of sulfonamides is 1. The monoisotopic (exact) mass is 340 g/mol. The number of halogens is 1. The van der Waals surface area contributed by atoms with E-state index in [4.69, 9.17) is 0 Å². The van der Waals surface area contributed by atoms with Crippen molar-refractivity contribution in [3.05, 3.63) is 52.3 Å². The van der Waals surface area contributed by atoms with Gasteiger partial charge in [0.1, 0.15) is 0 Å². The number of nitrogens with one attached hydrogen (secondary N) is 1. The van der Waals surface area contributed by atoms with Crippen LogP contribution in [-0.2, 0) is 10.0 Å². The van der Waals surface area contributed by atoms with Gasteiger partial charge in [0.05, 0.1) is 16.3 Å². The van der Waals surface area contributed by atoms with E-state index in [1.165, 1.54) is 0 Å². The molecule has 2 rings (SSSR count). The van der Waals surface area contributed by atoms with E-state index in [-0.39, 0.29) is 4.90 Å². The maximum absolute atomic E-state index is 12.2. The molecule has 1 aromatic carbocycles. The van der Waals surface area contributed by atoms with E-state index in [1.807, 2.05) is 6.92 Å². The van der Waals surface area contributed by atoms with Crippen molar-refractivity contribution in [2.75, 3.05) is 4.72 Å². The van der Waals surface area contributed by atoms with Gasteiger partial charge in [0.25, 0.3) is 10.0 Å². The molecular formula is C13H13BrN2O2S. The van der Waals surface area contributed by atoms with Crippen molar-refractivity contribution in [3.63, 3.8) is 0 Å². The van der Waals surface area contributed by atoms with Crippen molar-refractivity contribution in [3.8, 4) is 0 Å². The minimum Gasteiger partial charge on any atom is -0.278 e. The van der Waals surface area contributed by atoms with Crippen LogP contribution in [0.1, 0.15) is 11.4 Å². The molecule has 0 fully saturated rings. The van der Waals surface area contributed by atoms with Crippen LogP contribution in [0.15, 0.2) is 45.8 Å². The van der Waals surface area contributed by atoms with E-state index >= 15 is 0 Å². The predicted octanol–water partition coefficient (Wildman–Crippen LogP) is 3.26. The zero-order valence-corrected chi connectivity index (χ0v) is 12.9. The van der Waals surface area contributed by atoms with E-state index in [0.717, 1.165) is 10.2 Å². The Labute approximate surface area is 121 Å². The molecule has 2 aromatic rings. The Morgan fingerprint density at radius 1 is 1.05 bits per heavy atom. The number of hydrogen-bond donors (Lipinski definition) is 1. The van der Waals surface area contributed by atoms with Crippen LogP contribution < -0.4 is 4.72 Å². The van der Waals surface area contributed by atoms with Gasteiger partial charge < -0.3 is 0 Å². The van der Waals surface area contributed by atoms with Crippen molar-refractivity contribution in [1.82, 2.24) is 4.98 Å². The van der Waals surface area contributed by atoms with Gasteiger partial charge in [0, 0.05) is 10.2 Å². The zero-order chi connectivity index (χ0) is 14.0. The van der Waals surface area contributed by atoms with Crippen LogP contribution in [-0.4, -0.2) is 13.4 Å². The first-order chi connectivity index (χ1) is 8.88. The summed E-state index contributed by atoms with van der Waals surface area (Å²) in [5, 5.41) is 0. The molecule has 1 heterocycles. The Kier molecular flexibility index (Phi) is 3.91. The summed E-state index contributed by atoms with van der Waals surface area (Å²) in [4.78, 5) is 4.45. The number of anilines is 1. The van der Waals surface area contributed by atoms with Crippen LogP contribution in [0.3, 0.4) is 0 Å². The van der Waals surface area contributed by atoms with Crippen molar-refractivity contribution in [2.45, 2.75) is 18.7 Å². The number of aryl methyl sites for hydroxylation is 2. The van der Waals surface area contributed by atoms with Crippen molar-refractivity contribution in [1.29, 1.82) is 0 Å². The second kappa shape index (κ2) is 5.30. The lowest BCUT2D eigenvalue weighted by Crippen LogP contribution is -2.14. The summed E-state index contributed by atoms with van der Waals surface area (Å²) in [6.45, 7) is 3.63. The molecule has 0 radical (unpaired) electrons. The smallest absolute Gasteiger partial charge is 0.261 e. The second-order valence-corrected chi connectivity index (χ2v) is 6.74. The number of aromatic nitrogens is 1. The third-order valence-electron chi connectivity index (χ3n) is 2.59. The summed E-state index contributed by atoms with van der Waals surface area (Å²) in [5.74, 6) is 0. The highest BCUT2D eigenvalue weighted by Crippen LogP contribution is 2.20. The number of pyridine rings is 1. The number of benzene rings is 1. The Morgan fingerprint density at radius 3 is 2.26 bits per heavy atom. The van der Waals surface area contributed by atoms with Crippen LogP contribution >= 0.6 is 15.9 Å². The van der Waals surface area contributed by atoms with Crippen molar-refractivity contribution >= 4 is 31.6 Å². The van der Waals surface area contributed by atoms with Gasteiger partial charge in [-0.2, -0.15) is 0 Å². The van der Waals surface area contributed by atoms with Crippen LogP contribution in [0.4, 0.5) is 5.69 Å². The summed E-state index contributed by atoms with van der Waals surface area (Å²) >= 11 is 3.27. The lowest BCUT2D eigenvalue weighted by molar-refractivity contribution is 0.601. The van der Waals surface area contributed by atoms with Crippen LogP contribution in [0, 0.1) is 13.8 Å². The van der Waals surface area contributed by atoms with Crippen LogP contribution in [0.2, 0.25) is 0 Å². The zero-order valence-electron chi connectivity index (χ0n) is 10.5. The van der Waals surface area contributed by atoms with E-state index in [1.54, 1.807) is 43.3 Å². The molecule has 1 N–H and O–H groups in total. The fourth-order valence-corrected chi connectivity index (χ4v) is 2.99. The quantitative estimate of drug-likeness (QED) is 0.932. The Hall–Kier alpha value is -1.40. The maximum Gasteiger partial charge on any atom is 0.261 e. The highest BCUT2D eigenvalue weighted by Gasteiger charge is 2.15. The highest BCUT2D eigenvalue weighted by atomic mass is 79.9. The fraction of sp³-hybridized carbons (Fsp3) is 0.154. The SMILES string of the molecule is Cc1ccc(NS(=O)(=O)c2ccc(Br)cc2)c(C)n1. The van der Waals surface area contributed by atoms with Gasteiger partial charge in [-0.15, -0.1) is 0 Å². The van der Waals surface area contributed by atoms with Crippen LogP contribution in [0.25, 0.3) is 0 Å². The molecule has 0 saturated carbocycles. The van der Waals surface area contributed by atoms with E-state index < -0.39 is 10.0 Å². The lowest BCUT2D eigenvalue weighted by atomic mass is 10.3. The first-order valence-electron chi connectivity index (χ1n) is 5.61. The van der Waals surface area contributed by atoms with Gasteiger partial charge in [0.2, 0.25) is 0 Å². The Balaban J connectivity index is 2.33. The molecule has 4 nitrogen and oxygen atoms in total. The standard InChI is InChI=1S/C13H13BrN2O2S/c1-9-3-8-13(10(2)15-9)16-19(17,18)12-6-4-11(14)5-7-12/h3-8,16H,1-2H3. The molecule has 0 bridgehead atoms. The minimum atomic E-state index is -3.58. The topological polar surface area (TPSA) is 59.1 Å². The molecule has 0 aliphatic carbocycles. The van der Waals surface area contributed by atoms with E-state index in [2.05, 4.69) is 25.6 Å². The number of rotatable bonds is 3. The van der Waals surface area contributed by atoms with E-state index in [9.17, 15) is 8.42 Å². The molecule has 19 heavy (non-hydrogen) atoms. The Bertz CT molecular complexity index is 697. The average molecular weight is 341 g/mol. The molecular weight excluding hydrogens is 328 g/mol. The summed E-state index contributed by atoms with van der Waals surface area (Å²) in [5.41, 5.74) is 2.00. The minimum absolute atomic E-state index is 0.218. The first kappa shape index (κ1) is 14.0. The van der Waals surface area contributed by atoms with E-state index in [0.29, 0.717) is 11.4 Å². The lowest BCUT2D eigenvalue weighted by Gasteiger charge is -2.10. The number of hydrogen-bond acceptors (Lipinski definition) is 3. The molecule has 0 saturated heterocycles. The maximum atomic E-state index is 12.2. The summed E-state index contributed by atoms with van der Waals surface area (Å²) in [6.07, 6.45) is 0. The fourth-order valence-electron chi connectivity index (χ4n) is 1.61. The molecule has 0 atom stereocenters. The first-order valence-corrected chi connectivity index (χ1v) is 7.89. The number of nitrogens with zero attached hydrogens (tertiary/aromatic N) is 1. The molecule has 0 aliphatic heterocycles. The van der Waals surface area contributed by atoms with Crippen molar-refractivity contribution < 1.29 is 8.42 Å². The van der Waals surface area contributed by atoms with Gasteiger partial charge in [-0.25, -0.2) is 8.42 Å². The molecule has 0 spiro atoms. The normalized spacial score (nSPS) is 11.3. The van der Waals surface area contributed by atoms with Gasteiger partial charge in [-0.05, 0) is 50.2 Å². The Morgan fingerprint density at radius 2 is 1.68 bits per heavy atom. The largest absolute Gasteiger partial charge is 0.278 e. The van der Waals surface area contributed by atoms with Gasteiger partial charge in [-0.3, -0.25) is 9.71 Å². The van der Waals surface area contributed by atoms with Crippen LogP contribution in [0.5, 0.6) is 0 Å². The van der Waals surface area contributed by atoms with Gasteiger partial charge >= 0.3 is 0 Å². The molecule has 0 aliphatic rings. The molecule has 100 valence electrons. The second-order valence-electron chi connectivity index (χ2n) is 4.15. The van der Waals surface area contributed by atoms with Crippen molar-refractivity contribution in [2.24, 2.45) is 0 Å². The summed E-state index contributed by atoms with van der Waals surface area (Å²) in [7, 11) is -3.58. The summed E-state index contributed by atoms with van der Waals surface area (Å²) in [6, 6.07) is 9.96. The third kappa shape index (κ3) is 3.33. The summed E-state index contributed by atoms with van der Waals surface area (Å²) < 4.78 is 27.8. The highest BCUT2D eigenvalue weighted by molar-refractivity contribution is 9.10. The average Bonchev–Trinajstić information content (AvgIpc) is 2.33. The molecule has 1 aromatic heterocycles. The predicted molar refractivity (Wildman–Crippen MR) is 78.7 cm³/mol. The molecule has 0 amide bonds. The molecule has 0 unspecified atom stereocenters. The molecule has 6 heteroatoms.